The highest BCUT2D eigenvalue weighted by Gasteiger charge is 2.35. The lowest BCUT2D eigenvalue weighted by Crippen LogP contribution is -2.45. The number of esters is 1. The predicted molar refractivity (Wildman–Crippen MR) is 105 cm³/mol. The van der Waals surface area contributed by atoms with Gasteiger partial charge in [0.05, 0.1) is 31.0 Å². The Kier molecular flexibility index (Phi) is 5.81. The van der Waals surface area contributed by atoms with E-state index in [0.717, 1.165) is 10.0 Å². The second kappa shape index (κ2) is 8.26. The Morgan fingerprint density at radius 2 is 1.85 bits per heavy atom. The molecule has 1 heterocycles. The summed E-state index contributed by atoms with van der Waals surface area (Å²) in [6.45, 7) is 1.97. The van der Waals surface area contributed by atoms with E-state index in [1.165, 1.54) is 0 Å². The lowest BCUT2D eigenvalue weighted by atomic mass is 9.92. The van der Waals surface area contributed by atoms with Gasteiger partial charge >= 0.3 is 12.0 Å². The van der Waals surface area contributed by atoms with Crippen LogP contribution in [0.1, 0.15) is 24.1 Å². The highest BCUT2D eigenvalue weighted by molar-refractivity contribution is 9.10. The highest BCUT2D eigenvalue weighted by Crippen LogP contribution is 2.35. The maximum atomic E-state index is 12.8. The topological polar surface area (TPSA) is 76.7 Å². The van der Waals surface area contributed by atoms with Gasteiger partial charge in [0.15, 0.2) is 0 Å². The van der Waals surface area contributed by atoms with Crippen LogP contribution in [0.5, 0.6) is 5.75 Å². The molecule has 2 N–H and O–H groups in total. The molecule has 1 aliphatic heterocycles. The van der Waals surface area contributed by atoms with Gasteiger partial charge in [0, 0.05) is 4.47 Å². The Bertz CT molecular complexity index is 893. The zero-order valence-electron chi connectivity index (χ0n) is 14.9. The molecule has 7 heteroatoms. The molecule has 0 radical (unpaired) electrons. The fourth-order valence-electron chi connectivity index (χ4n) is 2.92. The van der Waals surface area contributed by atoms with Crippen molar-refractivity contribution >= 4 is 33.6 Å². The number of methoxy groups -OCH3 is 1. The number of carbonyl (C=O) groups excluding carboxylic acids is 2. The maximum Gasteiger partial charge on any atom is 0.338 e. The second-order valence-electron chi connectivity index (χ2n) is 5.79. The van der Waals surface area contributed by atoms with Crippen LogP contribution in [0.3, 0.4) is 0 Å². The molecule has 27 heavy (non-hydrogen) atoms. The van der Waals surface area contributed by atoms with Crippen molar-refractivity contribution in [2.45, 2.75) is 13.0 Å². The first-order valence-corrected chi connectivity index (χ1v) is 9.22. The molecule has 1 unspecified atom stereocenters. The number of carbonyl (C=O) groups is 2. The summed E-state index contributed by atoms with van der Waals surface area (Å²) in [6.07, 6.45) is 0. The van der Waals surface area contributed by atoms with E-state index in [9.17, 15) is 9.59 Å². The molecule has 1 atom stereocenters. The Balaban J connectivity index is 2.18. The lowest BCUT2D eigenvalue weighted by Gasteiger charge is -2.30. The second-order valence-corrected chi connectivity index (χ2v) is 6.64. The molecule has 0 bridgehead atoms. The van der Waals surface area contributed by atoms with Crippen LogP contribution in [0, 0.1) is 0 Å². The average molecular weight is 431 g/mol. The Labute approximate surface area is 165 Å². The monoisotopic (exact) mass is 430 g/mol. The Morgan fingerprint density at radius 3 is 2.48 bits per heavy atom. The molecule has 3 rings (SSSR count). The Hall–Kier alpha value is -2.80. The van der Waals surface area contributed by atoms with E-state index in [1.54, 1.807) is 38.3 Å². The third-order valence-corrected chi connectivity index (χ3v) is 4.88. The van der Waals surface area contributed by atoms with Crippen molar-refractivity contribution in [2.24, 2.45) is 0 Å². The van der Waals surface area contributed by atoms with Gasteiger partial charge in [-0.05, 0) is 48.4 Å². The van der Waals surface area contributed by atoms with E-state index in [4.69, 9.17) is 9.47 Å². The minimum absolute atomic E-state index is 0.231. The van der Waals surface area contributed by atoms with Crippen molar-refractivity contribution in [3.05, 3.63) is 69.7 Å². The summed E-state index contributed by atoms with van der Waals surface area (Å²) in [4.78, 5) is 25.1. The number of amides is 2. The standard InChI is InChI=1S/C20H19BrN2O4/c1-3-27-19(24)16-17(12-8-10-13(26-2)11-9-12)22-20(25)23-18(16)14-6-4-5-7-15(14)21/h4-11,18H,3H2,1-2H3,(H2,22,23,25). The fraction of sp³-hybridized carbons (Fsp3) is 0.200. The molecular weight excluding hydrogens is 412 g/mol. The van der Waals surface area contributed by atoms with Gasteiger partial charge in [-0.1, -0.05) is 34.1 Å². The third-order valence-electron chi connectivity index (χ3n) is 4.16. The van der Waals surface area contributed by atoms with Gasteiger partial charge in [-0.25, -0.2) is 9.59 Å². The van der Waals surface area contributed by atoms with E-state index in [0.29, 0.717) is 22.6 Å². The van der Waals surface area contributed by atoms with Crippen molar-refractivity contribution in [1.29, 1.82) is 0 Å². The van der Waals surface area contributed by atoms with E-state index in [2.05, 4.69) is 26.6 Å². The van der Waals surface area contributed by atoms with Crippen LogP contribution in [0.25, 0.3) is 5.70 Å². The quantitative estimate of drug-likeness (QED) is 0.707. The number of hydrogen-bond donors (Lipinski definition) is 2. The summed E-state index contributed by atoms with van der Waals surface area (Å²) < 4.78 is 11.2. The SMILES string of the molecule is CCOC(=O)C1=C(c2ccc(OC)cc2)NC(=O)NC1c1ccccc1Br. The summed E-state index contributed by atoms with van der Waals surface area (Å²) in [5.74, 6) is 0.191. The minimum atomic E-state index is -0.648. The summed E-state index contributed by atoms with van der Waals surface area (Å²) in [5.41, 5.74) is 2.21. The van der Waals surface area contributed by atoms with Crippen LogP contribution < -0.4 is 15.4 Å². The van der Waals surface area contributed by atoms with E-state index in [-0.39, 0.29) is 6.61 Å². The molecule has 0 spiro atoms. The molecule has 0 aromatic heterocycles. The normalized spacial score (nSPS) is 16.4. The van der Waals surface area contributed by atoms with Gasteiger partial charge in [-0.2, -0.15) is 0 Å². The number of nitrogens with one attached hydrogen (secondary N) is 2. The molecule has 0 fully saturated rings. The van der Waals surface area contributed by atoms with Crippen LogP contribution in [0.4, 0.5) is 4.79 Å². The number of urea groups is 1. The van der Waals surface area contributed by atoms with Gasteiger partial charge in [0.2, 0.25) is 0 Å². The number of benzene rings is 2. The average Bonchev–Trinajstić information content (AvgIpc) is 2.68. The van der Waals surface area contributed by atoms with E-state index in [1.807, 2.05) is 24.3 Å². The number of hydrogen-bond acceptors (Lipinski definition) is 4. The van der Waals surface area contributed by atoms with Gasteiger partial charge in [-0.3, -0.25) is 0 Å². The highest BCUT2D eigenvalue weighted by atomic mass is 79.9. The molecule has 140 valence electrons. The van der Waals surface area contributed by atoms with Crippen molar-refractivity contribution in [3.8, 4) is 5.75 Å². The van der Waals surface area contributed by atoms with Crippen LogP contribution >= 0.6 is 15.9 Å². The number of halogens is 1. The Morgan fingerprint density at radius 1 is 1.15 bits per heavy atom. The zero-order chi connectivity index (χ0) is 19.4. The maximum absolute atomic E-state index is 12.8. The molecule has 0 aliphatic carbocycles. The first-order chi connectivity index (χ1) is 13.0. The van der Waals surface area contributed by atoms with Crippen LogP contribution in [0.15, 0.2) is 58.6 Å². The summed E-state index contributed by atoms with van der Waals surface area (Å²) in [6, 6.07) is 13.5. The molecule has 2 aromatic rings. The minimum Gasteiger partial charge on any atom is -0.497 e. The first kappa shape index (κ1) is 19.0. The zero-order valence-corrected chi connectivity index (χ0v) is 16.5. The lowest BCUT2D eigenvalue weighted by molar-refractivity contribution is -0.138. The molecule has 6 nitrogen and oxygen atoms in total. The predicted octanol–water partition coefficient (Wildman–Crippen LogP) is 3.79. The smallest absolute Gasteiger partial charge is 0.338 e. The van der Waals surface area contributed by atoms with E-state index >= 15 is 0 Å². The number of ether oxygens (including phenoxy) is 2. The van der Waals surface area contributed by atoms with Crippen molar-refractivity contribution in [3.63, 3.8) is 0 Å². The van der Waals surface area contributed by atoms with Gasteiger partial charge in [-0.15, -0.1) is 0 Å². The fourth-order valence-corrected chi connectivity index (χ4v) is 3.43. The third kappa shape index (κ3) is 3.98. The van der Waals surface area contributed by atoms with Crippen molar-refractivity contribution in [2.75, 3.05) is 13.7 Å². The van der Waals surface area contributed by atoms with Gasteiger partial charge in [0.25, 0.3) is 0 Å². The first-order valence-electron chi connectivity index (χ1n) is 8.42. The molecule has 2 aromatic carbocycles. The van der Waals surface area contributed by atoms with Crippen LogP contribution in [-0.2, 0) is 9.53 Å². The molecular formula is C20H19BrN2O4. The van der Waals surface area contributed by atoms with Crippen LogP contribution in [-0.4, -0.2) is 25.7 Å². The summed E-state index contributed by atoms with van der Waals surface area (Å²) in [7, 11) is 1.58. The molecule has 0 saturated carbocycles. The van der Waals surface area contributed by atoms with Gasteiger partial charge in [0.1, 0.15) is 5.75 Å². The molecule has 1 aliphatic rings. The molecule has 0 saturated heterocycles. The van der Waals surface area contributed by atoms with Gasteiger partial charge < -0.3 is 20.1 Å². The largest absolute Gasteiger partial charge is 0.497 e. The summed E-state index contributed by atoms with van der Waals surface area (Å²) >= 11 is 3.50. The van der Waals surface area contributed by atoms with Crippen molar-refractivity contribution in [1.82, 2.24) is 10.6 Å². The van der Waals surface area contributed by atoms with Crippen LogP contribution in [0.2, 0.25) is 0 Å². The van der Waals surface area contributed by atoms with E-state index < -0.39 is 18.0 Å². The van der Waals surface area contributed by atoms with Crippen molar-refractivity contribution < 1.29 is 19.1 Å². The number of rotatable bonds is 5. The summed E-state index contributed by atoms with van der Waals surface area (Å²) in [5, 5.41) is 5.57. The molecule has 2 amide bonds.